The highest BCUT2D eigenvalue weighted by Gasteiger charge is 2.20. The molecule has 114 valence electrons. The number of methoxy groups -OCH3 is 1. The summed E-state index contributed by atoms with van der Waals surface area (Å²) in [4.78, 5) is 22.1. The van der Waals surface area contributed by atoms with Crippen LogP contribution in [0.2, 0.25) is 0 Å². The van der Waals surface area contributed by atoms with Crippen LogP contribution in [-0.2, 0) is 11.2 Å². The quantitative estimate of drug-likeness (QED) is 0.367. The van der Waals surface area contributed by atoms with Crippen molar-refractivity contribution in [2.75, 3.05) is 7.11 Å². The van der Waals surface area contributed by atoms with Crippen molar-refractivity contribution in [2.45, 2.75) is 6.42 Å². The molecule has 2 aromatic carbocycles. The highest BCUT2D eigenvalue weighted by molar-refractivity contribution is 5.76. The number of nitro benzene ring substituents is 1. The highest BCUT2D eigenvalue weighted by Crippen LogP contribution is 2.31. The van der Waals surface area contributed by atoms with Crippen molar-refractivity contribution >= 4 is 11.7 Å². The Bertz CT molecular complexity index is 717. The second-order valence-electron chi connectivity index (χ2n) is 4.33. The predicted octanol–water partition coefficient (Wildman–Crippen LogP) is 2.89. The Kier molecular flexibility index (Phi) is 4.67. The van der Waals surface area contributed by atoms with Crippen LogP contribution in [0, 0.1) is 15.9 Å². The molecule has 0 fully saturated rings. The molecule has 2 rings (SSSR count). The summed E-state index contributed by atoms with van der Waals surface area (Å²) in [6, 6.07) is 9.58. The molecule has 0 N–H and O–H groups in total. The van der Waals surface area contributed by atoms with E-state index in [0.29, 0.717) is 0 Å². The standard InChI is InChI=1S/C15H12FNO5/c1-21-11-6-7-14(13(9-11)17(19)20)22-15(18)8-10-4-2-3-5-12(10)16/h2-7,9H,8H2,1H3. The molecule has 0 spiro atoms. The van der Waals surface area contributed by atoms with Crippen molar-refractivity contribution in [3.05, 3.63) is 64.0 Å². The lowest BCUT2D eigenvalue weighted by molar-refractivity contribution is -0.385. The van der Waals surface area contributed by atoms with E-state index in [0.717, 1.165) is 6.07 Å². The molecule has 0 aromatic heterocycles. The molecular formula is C15H12FNO5. The van der Waals surface area contributed by atoms with E-state index in [1.165, 1.54) is 37.4 Å². The van der Waals surface area contributed by atoms with E-state index in [4.69, 9.17) is 9.47 Å². The number of nitrogens with zero attached hydrogens (tertiary/aromatic N) is 1. The van der Waals surface area contributed by atoms with Gasteiger partial charge in [-0.3, -0.25) is 14.9 Å². The number of ether oxygens (including phenoxy) is 2. The van der Waals surface area contributed by atoms with Crippen LogP contribution in [0.15, 0.2) is 42.5 Å². The van der Waals surface area contributed by atoms with Gasteiger partial charge in [-0.05, 0) is 23.8 Å². The predicted molar refractivity (Wildman–Crippen MR) is 75.4 cm³/mol. The molecule has 2 aromatic rings. The summed E-state index contributed by atoms with van der Waals surface area (Å²) in [5.74, 6) is -1.28. The van der Waals surface area contributed by atoms with E-state index in [1.54, 1.807) is 6.07 Å². The molecule has 0 atom stereocenters. The first-order valence-electron chi connectivity index (χ1n) is 6.27. The molecule has 6 nitrogen and oxygen atoms in total. The third-order valence-corrected chi connectivity index (χ3v) is 2.88. The first-order chi connectivity index (χ1) is 10.5. The average molecular weight is 305 g/mol. The van der Waals surface area contributed by atoms with E-state index in [1.807, 2.05) is 0 Å². The first kappa shape index (κ1) is 15.4. The Labute approximate surface area is 125 Å². The summed E-state index contributed by atoms with van der Waals surface area (Å²) in [7, 11) is 1.36. The normalized spacial score (nSPS) is 10.1. The van der Waals surface area contributed by atoms with Gasteiger partial charge in [-0.25, -0.2) is 4.39 Å². The van der Waals surface area contributed by atoms with Gasteiger partial charge >= 0.3 is 11.7 Å². The Morgan fingerprint density at radius 1 is 1.27 bits per heavy atom. The van der Waals surface area contributed by atoms with Gasteiger partial charge in [0, 0.05) is 0 Å². The maximum Gasteiger partial charge on any atom is 0.316 e. The number of carbonyl (C=O) groups is 1. The Morgan fingerprint density at radius 3 is 2.64 bits per heavy atom. The van der Waals surface area contributed by atoms with Gasteiger partial charge in [-0.15, -0.1) is 0 Å². The third kappa shape index (κ3) is 3.57. The fourth-order valence-corrected chi connectivity index (χ4v) is 1.81. The molecule has 0 amide bonds. The highest BCUT2D eigenvalue weighted by atomic mass is 19.1. The maximum absolute atomic E-state index is 13.5. The zero-order chi connectivity index (χ0) is 16.1. The number of carbonyl (C=O) groups excluding carboxylic acids is 1. The number of nitro groups is 1. The lowest BCUT2D eigenvalue weighted by Crippen LogP contribution is -2.13. The summed E-state index contributed by atoms with van der Waals surface area (Å²) in [5.41, 5.74) is -0.245. The van der Waals surface area contributed by atoms with Crippen molar-refractivity contribution in [3.8, 4) is 11.5 Å². The number of halogens is 1. The van der Waals surface area contributed by atoms with Crippen LogP contribution in [0.1, 0.15) is 5.56 Å². The van der Waals surface area contributed by atoms with Crippen LogP contribution in [0.5, 0.6) is 11.5 Å². The van der Waals surface area contributed by atoms with Gasteiger partial charge in [0.25, 0.3) is 0 Å². The van der Waals surface area contributed by atoms with E-state index < -0.39 is 22.4 Å². The van der Waals surface area contributed by atoms with Gasteiger partial charge in [0.2, 0.25) is 5.75 Å². The molecule has 0 bridgehead atoms. The Balaban J connectivity index is 2.18. The molecule has 0 aliphatic heterocycles. The van der Waals surface area contributed by atoms with Crippen LogP contribution in [0.3, 0.4) is 0 Å². The summed E-state index contributed by atoms with van der Waals surface area (Å²) in [6.45, 7) is 0. The smallest absolute Gasteiger partial charge is 0.316 e. The lowest BCUT2D eigenvalue weighted by Gasteiger charge is -2.07. The largest absolute Gasteiger partial charge is 0.496 e. The van der Waals surface area contributed by atoms with Crippen molar-refractivity contribution in [1.29, 1.82) is 0 Å². The number of benzene rings is 2. The minimum atomic E-state index is -0.793. The van der Waals surface area contributed by atoms with Gasteiger partial charge in [-0.2, -0.15) is 0 Å². The molecule has 0 aliphatic carbocycles. The van der Waals surface area contributed by atoms with E-state index >= 15 is 0 Å². The van der Waals surface area contributed by atoms with Gasteiger partial charge in [0.1, 0.15) is 11.6 Å². The van der Waals surface area contributed by atoms with E-state index in [9.17, 15) is 19.3 Å². The molecular weight excluding hydrogens is 293 g/mol. The number of rotatable bonds is 5. The fourth-order valence-electron chi connectivity index (χ4n) is 1.81. The lowest BCUT2D eigenvalue weighted by atomic mass is 10.1. The number of esters is 1. The molecule has 0 aliphatic rings. The second kappa shape index (κ2) is 6.66. The van der Waals surface area contributed by atoms with Crippen LogP contribution in [0.4, 0.5) is 10.1 Å². The third-order valence-electron chi connectivity index (χ3n) is 2.88. The zero-order valence-electron chi connectivity index (χ0n) is 11.6. The van der Waals surface area contributed by atoms with Gasteiger partial charge < -0.3 is 9.47 Å². The Hall–Kier alpha value is -2.96. The summed E-state index contributed by atoms with van der Waals surface area (Å²) >= 11 is 0. The van der Waals surface area contributed by atoms with Crippen LogP contribution in [0.25, 0.3) is 0 Å². The van der Waals surface area contributed by atoms with Gasteiger partial charge in [0.05, 0.1) is 24.5 Å². The summed E-state index contributed by atoms with van der Waals surface area (Å²) < 4.78 is 23.3. The first-order valence-corrected chi connectivity index (χ1v) is 6.27. The van der Waals surface area contributed by atoms with Crippen LogP contribution < -0.4 is 9.47 Å². The van der Waals surface area contributed by atoms with Gasteiger partial charge in [-0.1, -0.05) is 18.2 Å². The average Bonchev–Trinajstić information content (AvgIpc) is 2.49. The van der Waals surface area contributed by atoms with Crippen LogP contribution in [-0.4, -0.2) is 18.0 Å². The van der Waals surface area contributed by atoms with Crippen molar-refractivity contribution < 1.29 is 23.6 Å². The second-order valence-corrected chi connectivity index (χ2v) is 4.33. The monoisotopic (exact) mass is 305 g/mol. The minimum Gasteiger partial charge on any atom is -0.496 e. The number of hydrogen-bond acceptors (Lipinski definition) is 5. The van der Waals surface area contributed by atoms with Gasteiger partial charge in [0.15, 0.2) is 0 Å². The SMILES string of the molecule is COc1ccc(OC(=O)Cc2ccccc2F)c([N+](=O)[O-])c1. The molecule has 0 saturated carbocycles. The minimum absolute atomic E-state index is 0.156. The van der Waals surface area contributed by atoms with Crippen LogP contribution >= 0.6 is 0 Å². The maximum atomic E-state index is 13.5. The molecule has 7 heteroatoms. The topological polar surface area (TPSA) is 78.7 Å². The summed E-state index contributed by atoms with van der Waals surface area (Å²) in [6.07, 6.45) is -0.324. The van der Waals surface area contributed by atoms with Crippen molar-refractivity contribution in [3.63, 3.8) is 0 Å². The van der Waals surface area contributed by atoms with Crippen molar-refractivity contribution in [2.24, 2.45) is 0 Å². The Morgan fingerprint density at radius 2 is 2.00 bits per heavy atom. The van der Waals surface area contributed by atoms with Crippen molar-refractivity contribution in [1.82, 2.24) is 0 Å². The number of hydrogen-bond donors (Lipinski definition) is 0. The molecule has 0 radical (unpaired) electrons. The molecule has 0 saturated heterocycles. The fraction of sp³-hybridized carbons (Fsp3) is 0.133. The van der Waals surface area contributed by atoms with E-state index in [-0.39, 0.29) is 23.5 Å². The summed E-state index contributed by atoms with van der Waals surface area (Å²) in [5, 5.41) is 11.0. The zero-order valence-corrected chi connectivity index (χ0v) is 11.6. The molecule has 22 heavy (non-hydrogen) atoms. The molecule has 0 heterocycles. The molecule has 0 unspecified atom stereocenters. The van der Waals surface area contributed by atoms with E-state index in [2.05, 4.69) is 0 Å².